The lowest BCUT2D eigenvalue weighted by Crippen LogP contribution is -2.52. The summed E-state index contributed by atoms with van der Waals surface area (Å²) >= 11 is 0. The molecule has 2 aliphatic heterocycles. The van der Waals surface area contributed by atoms with Crippen LogP contribution in [0.15, 0.2) is 29.4 Å². The number of oxime groups is 1. The second-order valence-corrected chi connectivity index (χ2v) is 10.7. The van der Waals surface area contributed by atoms with Gasteiger partial charge >= 0.3 is 0 Å². The Morgan fingerprint density at radius 3 is 2.70 bits per heavy atom. The summed E-state index contributed by atoms with van der Waals surface area (Å²) in [4.78, 5) is 23.7. The van der Waals surface area contributed by atoms with Crippen LogP contribution in [0, 0.1) is 11.8 Å². The Labute approximate surface area is 194 Å². The second-order valence-electron chi connectivity index (χ2n) is 8.26. The molecule has 2 heterocycles. The maximum Gasteiger partial charge on any atom is 0.264 e. The monoisotopic (exact) mass is 478 g/mol. The molecule has 0 bridgehead atoms. The maximum absolute atomic E-state index is 12.9. The van der Waals surface area contributed by atoms with Crippen molar-refractivity contribution in [3.8, 4) is 17.6 Å². The van der Waals surface area contributed by atoms with Crippen LogP contribution < -0.4 is 10.2 Å². The lowest BCUT2D eigenvalue weighted by molar-refractivity contribution is -0.201. The molecule has 0 aliphatic carbocycles. The van der Waals surface area contributed by atoms with Gasteiger partial charge in [0, 0.05) is 32.1 Å². The van der Waals surface area contributed by atoms with Gasteiger partial charge in [-0.25, -0.2) is 18.7 Å². The number of hydroxylamine groups is 1. The summed E-state index contributed by atoms with van der Waals surface area (Å²) in [6.07, 6.45) is 2.65. The summed E-state index contributed by atoms with van der Waals surface area (Å²) < 4.78 is 34.3. The van der Waals surface area contributed by atoms with E-state index in [9.17, 15) is 13.2 Å². The van der Waals surface area contributed by atoms with Gasteiger partial charge in [-0.05, 0) is 56.5 Å². The summed E-state index contributed by atoms with van der Waals surface area (Å²) in [5.74, 6) is 5.52. The molecular weight excluding hydrogens is 448 g/mol. The van der Waals surface area contributed by atoms with Crippen molar-refractivity contribution < 1.29 is 32.4 Å². The number of nitrogens with zero attached hydrogens (tertiary/aromatic N) is 1. The first kappa shape index (κ1) is 25.0. The van der Waals surface area contributed by atoms with Crippen LogP contribution in [0.25, 0.3) is 0 Å². The smallest absolute Gasteiger partial charge is 0.264 e. The van der Waals surface area contributed by atoms with E-state index >= 15 is 0 Å². The van der Waals surface area contributed by atoms with Crippen LogP contribution in [0.1, 0.15) is 51.5 Å². The molecule has 180 valence electrons. The average molecular weight is 479 g/mol. The number of ether oxygens (including phenoxy) is 2. The molecule has 3 unspecified atom stereocenters. The zero-order valence-corrected chi connectivity index (χ0v) is 19.9. The van der Waals surface area contributed by atoms with Crippen LogP contribution in [0.2, 0.25) is 0 Å². The van der Waals surface area contributed by atoms with Crippen molar-refractivity contribution in [2.75, 3.05) is 19.5 Å². The number of carbonyl (C=O) groups is 1. The van der Waals surface area contributed by atoms with Crippen molar-refractivity contribution in [1.29, 1.82) is 0 Å². The minimum atomic E-state index is -3.79. The highest BCUT2D eigenvalue weighted by Gasteiger charge is 2.47. The molecule has 0 aromatic heterocycles. The third kappa shape index (κ3) is 6.47. The topological polar surface area (TPSA) is 113 Å². The van der Waals surface area contributed by atoms with Crippen molar-refractivity contribution >= 4 is 21.5 Å². The van der Waals surface area contributed by atoms with Crippen LogP contribution >= 0.6 is 0 Å². The number of sulfone groups is 1. The van der Waals surface area contributed by atoms with E-state index in [1.54, 1.807) is 19.1 Å². The summed E-state index contributed by atoms with van der Waals surface area (Å²) in [6.45, 7) is 3.97. The molecule has 1 N–H and O–H groups in total. The first-order valence-corrected chi connectivity index (χ1v) is 12.7. The molecule has 1 aromatic rings. The van der Waals surface area contributed by atoms with Crippen LogP contribution in [-0.2, 0) is 29.0 Å². The van der Waals surface area contributed by atoms with E-state index in [1.165, 1.54) is 6.92 Å². The van der Waals surface area contributed by atoms with Crippen LogP contribution in [-0.4, -0.2) is 56.6 Å². The van der Waals surface area contributed by atoms with Gasteiger partial charge in [0.25, 0.3) is 5.91 Å². The Hall–Kier alpha value is -2.61. The van der Waals surface area contributed by atoms with E-state index in [1.807, 2.05) is 12.1 Å². The number of benzene rings is 1. The highest BCUT2D eigenvalue weighted by atomic mass is 32.2. The zero-order chi connectivity index (χ0) is 23.9. The highest BCUT2D eigenvalue weighted by molar-refractivity contribution is 7.92. The molecular formula is C23H30N2O7S. The van der Waals surface area contributed by atoms with Gasteiger partial charge < -0.3 is 14.3 Å². The average Bonchev–Trinajstić information content (AvgIpc) is 3.26. The molecule has 2 aliphatic rings. The van der Waals surface area contributed by atoms with E-state index in [-0.39, 0.29) is 6.42 Å². The Morgan fingerprint density at radius 1 is 1.30 bits per heavy atom. The number of amides is 1. The molecule has 1 amide bonds. The minimum absolute atomic E-state index is 0.0730. The summed E-state index contributed by atoms with van der Waals surface area (Å²) in [5, 5.41) is 4.11. The fourth-order valence-corrected chi connectivity index (χ4v) is 4.39. The molecule has 3 atom stereocenters. The van der Waals surface area contributed by atoms with Crippen molar-refractivity contribution in [2.45, 2.75) is 63.1 Å². The number of nitrogens with one attached hydrogen (secondary N) is 1. The van der Waals surface area contributed by atoms with Crippen LogP contribution in [0.4, 0.5) is 0 Å². The quantitative estimate of drug-likeness (QED) is 0.428. The largest absolute Gasteiger partial charge is 0.481 e. The number of carbonyl (C=O) groups excluding carboxylic acids is 1. The van der Waals surface area contributed by atoms with Crippen molar-refractivity contribution in [3.05, 3.63) is 29.8 Å². The fourth-order valence-electron chi connectivity index (χ4n) is 3.52. The van der Waals surface area contributed by atoms with Crippen LogP contribution in [0.3, 0.4) is 0 Å². The lowest BCUT2D eigenvalue weighted by Gasteiger charge is -2.29. The Kier molecular flexibility index (Phi) is 8.35. The van der Waals surface area contributed by atoms with Crippen LogP contribution in [0.5, 0.6) is 5.75 Å². The lowest BCUT2D eigenvalue weighted by atomic mass is 9.96. The molecule has 1 saturated heterocycles. The van der Waals surface area contributed by atoms with Gasteiger partial charge in [-0.2, -0.15) is 0 Å². The molecule has 33 heavy (non-hydrogen) atoms. The third-order valence-corrected chi connectivity index (χ3v) is 7.73. The standard InChI is InChI=1S/C23H30N2O7S/c1-4-5-13-29-18-11-9-17(10-12-18)20-15-19(31-24-20)16-23(2,33(3,27)28)22(26)25-32-21-8-6-7-14-30-21/h9-12,19,21H,6-8,13-16H2,1-3H3,(H,25,26). The summed E-state index contributed by atoms with van der Waals surface area (Å²) in [6, 6.07) is 7.31. The van der Waals surface area contributed by atoms with Gasteiger partial charge in [0.05, 0.1) is 5.71 Å². The number of hydrogen-bond acceptors (Lipinski definition) is 8. The van der Waals surface area contributed by atoms with Gasteiger partial charge in [0.1, 0.15) is 18.5 Å². The first-order chi connectivity index (χ1) is 15.7. The van der Waals surface area contributed by atoms with Crippen molar-refractivity contribution in [1.82, 2.24) is 5.48 Å². The number of rotatable bonds is 9. The van der Waals surface area contributed by atoms with E-state index in [4.69, 9.17) is 19.1 Å². The van der Waals surface area contributed by atoms with Crippen molar-refractivity contribution in [3.63, 3.8) is 0 Å². The fraction of sp³-hybridized carbons (Fsp3) is 0.565. The molecule has 1 aromatic carbocycles. The zero-order valence-electron chi connectivity index (χ0n) is 19.1. The second kappa shape index (κ2) is 11.0. The molecule has 0 spiro atoms. The predicted molar refractivity (Wildman–Crippen MR) is 122 cm³/mol. The number of hydrogen-bond donors (Lipinski definition) is 1. The van der Waals surface area contributed by atoms with Gasteiger partial charge in [0.15, 0.2) is 20.9 Å². The molecule has 0 radical (unpaired) electrons. The Bertz CT molecular complexity index is 1020. The van der Waals surface area contributed by atoms with Gasteiger partial charge in [-0.15, -0.1) is 5.92 Å². The van der Waals surface area contributed by atoms with Crippen molar-refractivity contribution in [2.24, 2.45) is 5.16 Å². The minimum Gasteiger partial charge on any atom is -0.481 e. The van der Waals surface area contributed by atoms with E-state index in [0.717, 1.165) is 24.7 Å². The molecule has 0 saturated carbocycles. The van der Waals surface area contributed by atoms with Gasteiger partial charge in [-0.1, -0.05) is 11.1 Å². The van der Waals surface area contributed by atoms with E-state index in [2.05, 4.69) is 22.5 Å². The normalized spacial score (nSPS) is 22.2. The summed E-state index contributed by atoms with van der Waals surface area (Å²) in [7, 11) is -3.79. The molecule has 3 rings (SSSR count). The SMILES string of the molecule is CC#CCOc1ccc(C2=NOC(CC(C)(C(=O)NOC3CCCCO3)S(C)(=O)=O)C2)cc1. The Morgan fingerprint density at radius 2 is 2.06 bits per heavy atom. The van der Waals surface area contributed by atoms with Gasteiger partial charge in [-0.3, -0.25) is 4.79 Å². The molecule has 10 heteroatoms. The van der Waals surface area contributed by atoms with Gasteiger partial charge in [0.2, 0.25) is 0 Å². The predicted octanol–water partition coefficient (Wildman–Crippen LogP) is 2.35. The Balaban J connectivity index is 1.60. The van der Waals surface area contributed by atoms with E-state index < -0.39 is 32.9 Å². The molecule has 1 fully saturated rings. The molecule has 9 nitrogen and oxygen atoms in total. The van der Waals surface area contributed by atoms with E-state index in [0.29, 0.717) is 37.5 Å². The highest BCUT2D eigenvalue weighted by Crippen LogP contribution is 2.30. The summed E-state index contributed by atoms with van der Waals surface area (Å²) in [5.41, 5.74) is 3.78. The maximum atomic E-state index is 12.9. The third-order valence-electron chi connectivity index (χ3n) is 5.75. The first-order valence-electron chi connectivity index (χ1n) is 10.9.